The summed E-state index contributed by atoms with van der Waals surface area (Å²) in [5.74, 6) is -0.683. The van der Waals surface area contributed by atoms with Gasteiger partial charge in [0.1, 0.15) is 0 Å². The summed E-state index contributed by atoms with van der Waals surface area (Å²) in [7, 11) is 0. The Morgan fingerprint density at radius 3 is 2.74 bits per heavy atom. The van der Waals surface area contributed by atoms with Crippen LogP contribution in [-0.4, -0.2) is 21.8 Å². The van der Waals surface area contributed by atoms with Crippen LogP contribution in [0, 0.1) is 6.92 Å². The number of rotatable bonds is 3. The van der Waals surface area contributed by atoms with Gasteiger partial charge in [-0.25, -0.2) is 0 Å². The third-order valence-electron chi connectivity index (χ3n) is 3.60. The molecular formula is C17H16N4O2. The van der Waals surface area contributed by atoms with E-state index in [2.05, 4.69) is 20.8 Å². The number of aryl methyl sites for hydroxylation is 1. The van der Waals surface area contributed by atoms with Gasteiger partial charge in [0.2, 0.25) is 5.91 Å². The average Bonchev–Trinajstić information content (AvgIpc) is 2.89. The Balaban J connectivity index is 1.65. The van der Waals surface area contributed by atoms with E-state index in [1.54, 1.807) is 18.3 Å². The number of hydrogen-bond donors (Lipinski definition) is 3. The Kier molecular flexibility index (Phi) is 4.05. The molecule has 6 heteroatoms. The molecule has 2 aromatic heterocycles. The van der Waals surface area contributed by atoms with E-state index in [4.69, 9.17) is 0 Å². The third kappa shape index (κ3) is 3.21. The topological polar surface area (TPSA) is 86.9 Å². The van der Waals surface area contributed by atoms with Crippen LogP contribution >= 0.6 is 0 Å². The monoisotopic (exact) mass is 308 g/mol. The van der Waals surface area contributed by atoms with Crippen molar-refractivity contribution in [1.82, 2.24) is 20.8 Å². The van der Waals surface area contributed by atoms with Gasteiger partial charge in [0.15, 0.2) is 0 Å². The molecule has 0 aliphatic rings. The number of hydrogen-bond acceptors (Lipinski definition) is 3. The molecule has 2 heterocycles. The summed E-state index contributed by atoms with van der Waals surface area (Å²) in [6.45, 7) is 1.93. The van der Waals surface area contributed by atoms with Crippen molar-refractivity contribution < 1.29 is 9.59 Å². The fourth-order valence-corrected chi connectivity index (χ4v) is 2.46. The van der Waals surface area contributed by atoms with E-state index < -0.39 is 5.91 Å². The van der Waals surface area contributed by atoms with Gasteiger partial charge in [0.25, 0.3) is 5.91 Å². The lowest BCUT2D eigenvalue weighted by atomic mass is 10.1. The standard InChI is InChI=1S/C17H16N4O2/c1-11-14(13-6-2-3-7-15(13)19-11)9-16(22)20-21-17(23)12-5-4-8-18-10-12/h2-8,10,19H,9H2,1H3,(H,20,22)(H,21,23). The summed E-state index contributed by atoms with van der Waals surface area (Å²) in [5, 5.41) is 1.01. The minimum absolute atomic E-state index is 0.184. The molecule has 3 aromatic rings. The van der Waals surface area contributed by atoms with Crippen molar-refractivity contribution in [2.75, 3.05) is 0 Å². The molecule has 0 radical (unpaired) electrons. The van der Waals surface area contributed by atoms with E-state index in [-0.39, 0.29) is 12.3 Å². The largest absolute Gasteiger partial charge is 0.358 e. The molecule has 0 saturated heterocycles. The highest BCUT2D eigenvalue weighted by Crippen LogP contribution is 2.22. The van der Waals surface area contributed by atoms with Gasteiger partial charge in [-0.2, -0.15) is 0 Å². The van der Waals surface area contributed by atoms with Crippen LogP contribution in [0.15, 0.2) is 48.8 Å². The van der Waals surface area contributed by atoms with Crippen molar-refractivity contribution in [3.8, 4) is 0 Å². The molecule has 0 spiro atoms. The van der Waals surface area contributed by atoms with Crippen LogP contribution in [0.1, 0.15) is 21.6 Å². The van der Waals surface area contributed by atoms with Gasteiger partial charge in [0, 0.05) is 29.0 Å². The summed E-state index contributed by atoms with van der Waals surface area (Å²) in [6, 6.07) is 11.1. The van der Waals surface area contributed by atoms with E-state index in [0.29, 0.717) is 5.56 Å². The number of para-hydroxylation sites is 1. The lowest BCUT2D eigenvalue weighted by molar-refractivity contribution is -0.121. The molecule has 0 saturated carbocycles. The fourth-order valence-electron chi connectivity index (χ4n) is 2.46. The van der Waals surface area contributed by atoms with E-state index in [9.17, 15) is 9.59 Å². The molecule has 0 unspecified atom stereocenters. The number of nitrogens with zero attached hydrogens (tertiary/aromatic N) is 1. The first-order valence-electron chi connectivity index (χ1n) is 7.20. The second-order valence-electron chi connectivity index (χ2n) is 5.19. The van der Waals surface area contributed by atoms with Crippen molar-refractivity contribution in [3.05, 3.63) is 65.6 Å². The Morgan fingerprint density at radius 1 is 1.13 bits per heavy atom. The number of H-pyrrole nitrogens is 1. The smallest absolute Gasteiger partial charge is 0.271 e. The number of aromatic nitrogens is 2. The third-order valence-corrected chi connectivity index (χ3v) is 3.60. The summed E-state index contributed by atoms with van der Waals surface area (Å²) < 4.78 is 0. The minimum Gasteiger partial charge on any atom is -0.358 e. The zero-order valence-corrected chi connectivity index (χ0v) is 12.6. The molecule has 3 rings (SSSR count). The van der Waals surface area contributed by atoms with E-state index in [1.807, 2.05) is 31.2 Å². The van der Waals surface area contributed by atoms with Gasteiger partial charge in [-0.15, -0.1) is 0 Å². The predicted molar refractivity (Wildman–Crippen MR) is 86.6 cm³/mol. The highest BCUT2D eigenvalue weighted by molar-refractivity contribution is 5.96. The van der Waals surface area contributed by atoms with E-state index >= 15 is 0 Å². The van der Waals surface area contributed by atoms with E-state index in [1.165, 1.54) is 6.20 Å². The first-order chi connectivity index (χ1) is 11.1. The lowest BCUT2D eigenvalue weighted by Crippen LogP contribution is -2.42. The van der Waals surface area contributed by atoms with Crippen LogP contribution in [0.4, 0.5) is 0 Å². The first kappa shape index (κ1) is 14.8. The van der Waals surface area contributed by atoms with Gasteiger partial charge in [-0.1, -0.05) is 18.2 Å². The SMILES string of the molecule is Cc1[nH]c2ccccc2c1CC(=O)NNC(=O)c1cccnc1. The van der Waals surface area contributed by atoms with Crippen LogP contribution in [0.25, 0.3) is 10.9 Å². The number of pyridine rings is 1. The molecule has 3 N–H and O–H groups in total. The van der Waals surface area contributed by atoms with Gasteiger partial charge < -0.3 is 4.98 Å². The molecule has 0 aliphatic heterocycles. The van der Waals surface area contributed by atoms with Crippen LogP contribution in [-0.2, 0) is 11.2 Å². The molecule has 0 atom stereocenters. The summed E-state index contributed by atoms with van der Waals surface area (Å²) in [5.41, 5.74) is 8.07. The Labute approximate surface area is 132 Å². The minimum atomic E-state index is -0.401. The normalized spacial score (nSPS) is 10.5. The number of amides is 2. The second kappa shape index (κ2) is 6.31. The fraction of sp³-hybridized carbons (Fsp3) is 0.118. The summed E-state index contributed by atoms with van der Waals surface area (Å²) in [6.07, 6.45) is 3.20. The lowest BCUT2D eigenvalue weighted by Gasteiger charge is -2.07. The number of carbonyl (C=O) groups excluding carboxylic acids is 2. The number of aromatic amines is 1. The van der Waals surface area contributed by atoms with Crippen LogP contribution in [0.3, 0.4) is 0 Å². The molecule has 116 valence electrons. The van der Waals surface area contributed by atoms with Crippen molar-refractivity contribution in [2.24, 2.45) is 0 Å². The Morgan fingerprint density at radius 2 is 1.96 bits per heavy atom. The highest BCUT2D eigenvalue weighted by Gasteiger charge is 2.13. The highest BCUT2D eigenvalue weighted by atomic mass is 16.2. The zero-order valence-electron chi connectivity index (χ0n) is 12.6. The van der Waals surface area contributed by atoms with Gasteiger partial charge in [0.05, 0.1) is 12.0 Å². The summed E-state index contributed by atoms with van der Waals surface area (Å²) >= 11 is 0. The van der Waals surface area contributed by atoms with Gasteiger partial charge in [-0.05, 0) is 30.7 Å². The van der Waals surface area contributed by atoms with Crippen molar-refractivity contribution in [1.29, 1.82) is 0 Å². The first-order valence-corrected chi connectivity index (χ1v) is 7.20. The molecule has 1 aromatic carbocycles. The predicted octanol–water partition coefficient (Wildman–Crippen LogP) is 1.88. The van der Waals surface area contributed by atoms with Gasteiger partial charge in [-0.3, -0.25) is 25.4 Å². The maximum absolute atomic E-state index is 12.1. The van der Waals surface area contributed by atoms with E-state index in [0.717, 1.165) is 22.2 Å². The number of carbonyl (C=O) groups is 2. The molecule has 6 nitrogen and oxygen atoms in total. The number of fused-ring (bicyclic) bond motifs is 1. The maximum atomic E-state index is 12.1. The van der Waals surface area contributed by atoms with Crippen molar-refractivity contribution in [3.63, 3.8) is 0 Å². The average molecular weight is 308 g/mol. The summed E-state index contributed by atoms with van der Waals surface area (Å²) in [4.78, 5) is 31.1. The Bertz CT molecular complexity index is 855. The molecule has 23 heavy (non-hydrogen) atoms. The number of hydrazine groups is 1. The van der Waals surface area contributed by atoms with Crippen LogP contribution in [0.2, 0.25) is 0 Å². The molecule has 2 amide bonds. The number of nitrogens with one attached hydrogen (secondary N) is 3. The Hall–Kier alpha value is -3.15. The van der Waals surface area contributed by atoms with Gasteiger partial charge >= 0.3 is 0 Å². The number of benzene rings is 1. The molecule has 0 bridgehead atoms. The van der Waals surface area contributed by atoms with Crippen LogP contribution < -0.4 is 10.9 Å². The van der Waals surface area contributed by atoms with Crippen molar-refractivity contribution >= 4 is 22.7 Å². The van der Waals surface area contributed by atoms with Crippen LogP contribution in [0.5, 0.6) is 0 Å². The molecular weight excluding hydrogens is 292 g/mol. The molecule has 0 aliphatic carbocycles. The zero-order chi connectivity index (χ0) is 16.2. The molecule has 0 fully saturated rings. The maximum Gasteiger partial charge on any atom is 0.271 e. The van der Waals surface area contributed by atoms with Crippen molar-refractivity contribution in [2.45, 2.75) is 13.3 Å². The second-order valence-corrected chi connectivity index (χ2v) is 5.19. The quantitative estimate of drug-likeness (QED) is 0.646.